The summed E-state index contributed by atoms with van der Waals surface area (Å²) in [6.07, 6.45) is 0. The van der Waals surface area contributed by atoms with E-state index in [1.807, 2.05) is 24.3 Å². The summed E-state index contributed by atoms with van der Waals surface area (Å²) in [5, 5.41) is 3.86. The van der Waals surface area contributed by atoms with Crippen molar-refractivity contribution in [1.29, 1.82) is 0 Å². The molecule has 0 aliphatic carbocycles. The number of para-hydroxylation sites is 1. The Morgan fingerprint density at radius 1 is 1.05 bits per heavy atom. The summed E-state index contributed by atoms with van der Waals surface area (Å²) >= 11 is 11.7. The second-order valence-corrected chi connectivity index (χ2v) is 4.65. The third-order valence-electron chi connectivity index (χ3n) is 2.45. The van der Waals surface area contributed by atoms with Crippen LogP contribution in [0.15, 0.2) is 42.5 Å². The van der Waals surface area contributed by atoms with E-state index < -0.39 is 5.82 Å². The lowest BCUT2D eigenvalue weighted by atomic mass is 10.3. The van der Waals surface area contributed by atoms with Gasteiger partial charge in [-0.25, -0.2) is 4.39 Å². The molecule has 0 radical (unpaired) electrons. The van der Waals surface area contributed by atoms with E-state index in [4.69, 9.17) is 27.9 Å². The fourth-order valence-electron chi connectivity index (χ4n) is 1.53. The SMILES string of the molecule is Fc1ccc(OCCNc2ccccc2Cl)cc1Cl. The predicted octanol–water partition coefficient (Wildman–Crippen LogP) is 4.62. The lowest BCUT2D eigenvalue weighted by Gasteiger charge is -2.10. The van der Waals surface area contributed by atoms with Crippen molar-refractivity contribution in [3.8, 4) is 5.75 Å². The number of anilines is 1. The van der Waals surface area contributed by atoms with E-state index in [0.717, 1.165) is 5.69 Å². The summed E-state index contributed by atoms with van der Waals surface area (Å²) in [5.74, 6) is 0.0792. The van der Waals surface area contributed by atoms with Gasteiger partial charge in [0.25, 0.3) is 0 Å². The Labute approximate surface area is 121 Å². The van der Waals surface area contributed by atoms with Crippen molar-refractivity contribution in [1.82, 2.24) is 0 Å². The van der Waals surface area contributed by atoms with E-state index in [-0.39, 0.29) is 5.02 Å². The van der Waals surface area contributed by atoms with E-state index in [9.17, 15) is 4.39 Å². The summed E-state index contributed by atoms with van der Waals surface area (Å²) < 4.78 is 18.4. The molecule has 0 heterocycles. The Kier molecular flexibility index (Phi) is 4.88. The number of rotatable bonds is 5. The fraction of sp³-hybridized carbons (Fsp3) is 0.143. The molecule has 2 rings (SSSR count). The third-order valence-corrected chi connectivity index (χ3v) is 3.07. The van der Waals surface area contributed by atoms with Crippen LogP contribution < -0.4 is 10.1 Å². The molecule has 0 unspecified atom stereocenters. The van der Waals surface area contributed by atoms with Gasteiger partial charge in [-0.05, 0) is 24.3 Å². The zero-order valence-electron chi connectivity index (χ0n) is 10.00. The maximum atomic E-state index is 12.9. The lowest BCUT2D eigenvalue weighted by Crippen LogP contribution is -2.11. The fourth-order valence-corrected chi connectivity index (χ4v) is 1.90. The molecule has 2 aromatic carbocycles. The molecule has 0 saturated heterocycles. The zero-order chi connectivity index (χ0) is 13.7. The van der Waals surface area contributed by atoms with Gasteiger partial charge in [-0.1, -0.05) is 35.3 Å². The first-order chi connectivity index (χ1) is 9.16. The standard InChI is InChI=1S/C14H12Cl2FNO/c15-11-3-1-2-4-14(11)18-7-8-19-10-5-6-13(17)12(16)9-10/h1-6,9,18H,7-8H2. The maximum Gasteiger partial charge on any atom is 0.142 e. The molecule has 0 atom stereocenters. The Morgan fingerprint density at radius 2 is 1.84 bits per heavy atom. The van der Waals surface area contributed by atoms with Crippen LogP contribution in [-0.4, -0.2) is 13.2 Å². The largest absolute Gasteiger partial charge is 0.492 e. The quantitative estimate of drug-likeness (QED) is 0.813. The predicted molar refractivity (Wildman–Crippen MR) is 76.8 cm³/mol. The van der Waals surface area contributed by atoms with E-state index in [1.54, 1.807) is 0 Å². The molecule has 0 amide bonds. The van der Waals surface area contributed by atoms with Crippen molar-refractivity contribution in [2.45, 2.75) is 0 Å². The topological polar surface area (TPSA) is 21.3 Å². The highest BCUT2D eigenvalue weighted by atomic mass is 35.5. The van der Waals surface area contributed by atoms with Crippen molar-refractivity contribution >= 4 is 28.9 Å². The molecule has 2 nitrogen and oxygen atoms in total. The van der Waals surface area contributed by atoms with Crippen molar-refractivity contribution in [3.05, 3.63) is 58.3 Å². The van der Waals surface area contributed by atoms with E-state index in [2.05, 4.69) is 5.32 Å². The summed E-state index contributed by atoms with van der Waals surface area (Å²) in [4.78, 5) is 0. The molecule has 0 saturated carbocycles. The summed E-state index contributed by atoms with van der Waals surface area (Å²) in [6, 6.07) is 11.7. The molecule has 0 aliphatic rings. The minimum atomic E-state index is -0.455. The number of benzene rings is 2. The second-order valence-electron chi connectivity index (χ2n) is 3.83. The Bertz CT molecular complexity index is 563. The van der Waals surface area contributed by atoms with Crippen molar-refractivity contribution < 1.29 is 9.13 Å². The summed E-state index contributed by atoms with van der Waals surface area (Å²) in [6.45, 7) is 1.01. The molecular formula is C14H12Cl2FNO. The van der Waals surface area contributed by atoms with Gasteiger partial charge in [0.15, 0.2) is 0 Å². The van der Waals surface area contributed by atoms with E-state index >= 15 is 0 Å². The zero-order valence-corrected chi connectivity index (χ0v) is 11.5. The number of hydrogen-bond acceptors (Lipinski definition) is 2. The lowest BCUT2D eigenvalue weighted by molar-refractivity contribution is 0.332. The minimum absolute atomic E-state index is 0.0524. The molecular weight excluding hydrogens is 288 g/mol. The molecule has 5 heteroatoms. The first kappa shape index (κ1) is 14.0. The van der Waals surface area contributed by atoms with Crippen LogP contribution in [0.3, 0.4) is 0 Å². The van der Waals surface area contributed by atoms with Gasteiger partial charge < -0.3 is 10.1 Å². The van der Waals surface area contributed by atoms with Crippen LogP contribution >= 0.6 is 23.2 Å². The Hall–Kier alpha value is -1.45. The molecule has 1 N–H and O–H groups in total. The van der Waals surface area contributed by atoms with Crippen LogP contribution in [0.5, 0.6) is 5.75 Å². The molecule has 0 spiro atoms. The van der Waals surface area contributed by atoms with Gasteiger partial charge in [0.05, 0.1) is 15.7 Å². The van der Waals surface area contributed by atoms with Gasteiger partial charge in [0.1, 0.15) is 18.2 Å². The normalized spacial score (nSPS) is 10.3. The summed E-state index contributed by atoms with van der Waals surface area (Å²) in [7, 11) is 0. The van der Waals surface area contributed by atoms with Crippen LogP contribution in [0.25, 0.3) is 0 Å². The van der Waals surface area contributed by atoms with Gasteiger partial charge in [-0.2, -0.15) is 0 Å². The average molecular weight is 300 g/mol. The number of hydrogen-bond donors (Lipinski definition) is 1. The molecule has 0 bridgehead atoms. The Balaban J connectivity index is 1.81. The van der Waals surface area contributed by atoms with Crippen LogP contribution in [-0.2, 0) is 0 Å². The monoisotopic (exact) mass is 299 g/mol. The average Bonchev–Trinajstić information content (AvgIpc) is 2.40. The second kappa shape index (κ2) is 6.64. The van der Waals surface area contributed by atoms with Gasteiger partial charge in [-0.3, -0.25) is 0 Å². The highest BCUT2D eigenvalue weighted by Crippen LogP contribution is 2.22. The molecule has 2 aromatic rings. The van der Waals surface area contributed by atoms with Crippen LogP contribution in [0.2, 0.25) is 10.0 Å². The smallest absolute Gasteiger partial charge is 0.142 e. The molecule has 100 valence electrons. The highest BCUT2D eigenvalue weighted by molar-refractivity contribution is 6.33. The van der Waals surface area contributed by atoms with Gasteiger partial charge >= 0.3 is 0 Å². The highest BCUT2D eigenvalue weighted by Gasteiger charge is 2.02. The van der Waals surface area contributed by atoms with Gasteiger partial charge in [0.2, 0.25) is 0 Å². The molecule has 0 aliphatic heterocycles. The van der Waals surface area contributed by atoms with Crippen LogP contribution in [0.1, 0.15) is 0 Å². The van der Waals surface area contributed by atoms with Crippen molar-refractivity contribution in [2.75, 3.05) is 18.5 Å². The van der Waals surface area contributed by atoms with Crippen molar-refractivity contribution in [3.63, 3.8) is 0 Å². The number of halogens is 3. The Morgan fingerprint density at radius 3 is 2.58 bits per heavy atom. The molecule has 0 fully saturated rings. The van der Waals surface area contributed by atoms with Gasteiger partial charge in [-0.15, -0.1) is 0 Å². The van der Waals surface area contributed by atoms with Crippen LogP contribution in [0.4, 0.5) is 10.1 Å². The van der Waals surface area contributed by atoms with E-state index in [0.29, 0.717) is 23.9 Å². The van der Waals surface area contributed by atoms with E-state index in [1.165, 1.54) is 18.2 Å². The van der Waals surface area contributed by atoms with Gasteiger partial charge in [0, 0.05) is 12.6 Å². The first-order valence-electron chi connectivity index (χ1n) is 5.73. The minimum Gasteiger partial charge on any atom is -0.492 e. The number of ether oxygens (including phenoxy) is 1. The summed E-state index contributed by atoms with van der Waals surface area (Å²) in [5.41, 5.74) is 0.852. The maximum absolute atomic E-state index is 12.9. The molecule has 19 heavy (non-hydrogen) atoms. The molecule has 0 aromatic heterocycles. The third kappa shape index (κ3) is 4.01. The van der Waals surface area contributed by atoms with Crippen molar-refractivity contribution in [2.24, 2.45) is 0 Å². The first-order valence-corrected chi connectivity index (χ1v) is 6.48. The number of nitrogens with one attached hydrogen (secondary N) is 1. The van der Waals surface area contributed by atoms with Crippen LogP contribution in [0, 0.1) is 5.82 Å².